The van der Waals surface area contributed by atoms with Gasteiger partial charge in [-0.2, -0.15) is 0 Å². The Morgan fingerprint density at radius 2 is 2.00 bits per heavy atom. The van der Waals surface area contributed by atoms with Crippen molar-refractivity contribution in [3.63, 3.8) is 0 Å². The molecule has 3 atom stereocenters. The minimum Gasteiger partial charge on any atom is -0.624 e. The van der Waals surface area contributed by atoms with Crippen LogP contribution in [0.4, 0.5) is 0 Å². The van der Waals surface area contributed by atoms with Crippen LogP contribution in [0.5, 0.6) is 0 Å². The lowest BCUT2D eigenvalue weighted by atomic mass is 10.1. The van der Waals surface area contributed by atoms with Crippen LogP contribution in [0.1, 0.15) is 33.5 Å². The molecule has 0 saturated carbocycles. The summed E-state index contributed by atoms with van der Waals surface area (Å²) in [6, 6.07) is 3.45. The monoisotopic (exact) mass is 325 g/mol. The molecule has 0 radical (unpaired) electrons. The van der Waals surface area contributed by atoms with E-state index in [1.807, 2.05) is 27.7 Å². The van der Waals surface area contributed by atoms with Crippen LogP contribution in [0, 0.1) is 5.21 Å². The molecule has 128 valence electrons. The van der Waals surface area contributed by atoms with Crippen LogP contribution in [0.3, 0.4) is 0 Å². The van der Waals surface area contributed by atoms with Crippen molar-refractivity contribution < 1.29 is 28.1 Å². The topological polar surface area (TPSA) is 76.1 Å². The molecule has 0 aromatic carbocycles. The highest BCUT2D eigenvalue weighted by Crippen LogP contribution is 2.35. The first-order valence-electron chi connectivity index (χ1n) is 7.74. The van der Waals surface area contributed by atoms with E-state index in [9.17, 15) is 5.21 Å². The molecular weight excluding hydrogens is 302 g/mol. The third-order valence-electron chi connectivity index (χ3n) is 3.79. The third kappa shape index (κ3) is 3.92. The number of ether oxygens (including phenoxy) is 4. The molecule has 1 aromatic rings. The molecule has 7 heteroatoms. The first kappa shape index (κ1) is 16.4. The second-order valence-corrected chi connectivity index (χ2v) is 6.75. The normalized spacial score (nSPS) is 33.2. The zero-order valence-electron chi connectivity index (χ0n) is 13.9. The minimum atomic E-state index is -0.767. The summed E-state index contributed by atoms with van der Waals surface area (Å²) in [4.78, 5) is 0. The van der Waals surface area contributed by atoms with Gasteiger partial charge in [0.15, 0.2) is 23.9 Å². The molecule has 2 fully saturated rings. The smallest absolute Gasteiger partial charge is 0.217 e. The van der Waals surface area contributed by atoms with Gasteiger partial charge in [0.2, 0.25) is 6.21 Å². The largest absolute Gasteiger partial charge is 0.624 e. The standard InChI is InChI=1S/C16H23NO6/c1-15(2)20-10-13(22-15)14-12(21-16(3,4)23-14)9-17(18)8-11-6-5-7-19-11/h5-8,12-14H,9-10H2,1-4H3/b17-8-/t12-,13-,14+/m1/s1. The zero-order chi connectivity index (χ0) is 16.7. The summed E-state index contributed by atoms with van der Waals surface area (Å²) < 4.78 is 29.2. The average molecular weight is 325 g/mol. The molecule has 0 aliphatic carbocycles. The van der Waals surface area contributed by atoms with Crippen molar-refractivity contribution in [3.8, 4) is 0 Å². The Bertz CT molecular complexity index is 565. The van der Waals surface area contributed by atoms with Crippen LogP contribution in [0.15, 0.2) is 22.8 Å². The molecule has 23 heavy (non-hydrogen) atoms. The Morgan fingerprint density at radius 1 is 1.22 bits per heavy atom. The Labute approximate surface area is 135 Å². The molecule has 3 rings (SSSR count). The summed E-state index contributed by atoms with van der Waals surface area (Å²) in [6.07, 6.45) is 1.85. The van der Waals surface area contributed by atoms with E-state index in [4.69, 9.17) is 23.4 Å². The quantitative estimate of drug-likeness (QED) is 0.364. The van der Waals surface area contributed by atoms with E-state index < -0.39 is 17.7 Å². The van der Waals surface area contributed by atoms with Crippen molar-refractivity contribution in [1.82, 2.24) is 0 Å². The molecule has 2 saturated heterocycles. The molecule has 0 N–H and O–H groups in total. The lowest BCUT2D eigenvalue weighted by Gasteiger charge is -2.23. The highest BCUT2D eigenvalue weighted by Gasteiger charge is 2.50. The number of furan rings is 1. The van der Waals surface area contributed by atoms with E-state index in [-0.39, 0.29) is 18.8 Å². The fourth-order valence-electron chi connectivity index (χ4n) is 2.93. The van der Waals surface area contributed by atoms with Gasteiger partial charge in [-0.15, -0.1) is 0 Å². The maximum absolute atomic E-state index is 12.2. The average Bonchev–Trinajstić information content (AvgIpc) is 3.10. The molecule has 2 aliphatic heterocycles. The van der Waals surface area contributed by atoms with E-state index in [1.165, 1.54) is 12.5 Å². The van der Waals surface area contributed by atoms with E-state index in [0.29, 0.717) is 12.4 Å². The summed E-state index contributed by atoms with van der Waals surface area (Å²) >= 11 is 0. The fourth-order valence-corrected chi connectivity index (χ4v) is 2.93. The Hall–Kier alpha value is -1.41. The summed E-state index contributed by atoms with van der Waals surface area (Å²) in [5.41, 5.74) is 0. The first-order chi connectivity index (χ1) is 10.7. The maximum Gasteiger partial charge on any atom is 0.217 e. The van der Waals surface area contributed by atoms with Crippen molar-refractivity contribution in [2.24, 2.45) is 0 Å². The van der Waals surface area contributed by atoms with Crippen LogP contribution in [-0.4, -0.2) is 54.0 Å². The molecule has 0 bridgehead atoms. The molecule has 0 amide bonds. The molecule has 7 nitrogen and oxygen atoms in total. The number of rotatable bonds is 4. The van der Waals surface area contributed by atoms with Gasteiger partial charge in [-0.25, -0.2) is 4.74 Å². The molecule has 2 aliphatic rings. The van der Waals surface area contributed by atoms with Crippen molar-refractivity contribution >= 4 is 6.21 Å². The van der Waals surface area contributed by atoms with Crippen molar-refractivity contribution in [2.45, 2.75) is 57.6 Å². The van der Waals surface area contributed by atoms with Crippen LogP contribution >= 0.6 is 0 Å². The predicted molar refractivity (Wildman–Crippen MR) is 81.1 cm³/mol. The maximum atomic E-state index is 12.2. The van der Waals surface area contributed by atoms with Gasteiger partial charge in [0.25, 0.3) is 0 Å². The zero-order valence-corrected chi connectivity index (χ0v) is 13.9. The van der Waals surface area contributed by atoms with Gasteiger partial charge in [-0.3, -0.25) is 0 Å². The number of hydrogen-bond acceptors (Lipinski definition) is 6. The molecule has 3 heterocycles. The Kier molecular flexibility index (Phi) is 4.22. The minimum absolute atomic E-state index is 0.120. The highest BCUT2D eigenvalue weighted by atomic mass is 16.8. The molecule has 0 spiro atoms. The van der Waals surface area contributed by atoms with Crippen LogP contribution in [0.2, 0.25) is 0 Å². The second-order valence-electron chi connectivity index (χ2n) is 6.75. The Balaban J connectivity index is 1.71. The van der Waals surface area contributed by atoms with Gasteiger partial charge in [-0.1, -0.05) is 0 Å². The first-order valence-corrected chi connectivity index (χ1v) is 7.74. The fraction of sp³-hybridized carbons (Fsp3) is 0.688. The van der Waals surface area contributed by atoms with Crippen LogP contribution in [0.25, 0.3) is 0 Å². The highest BCUT2D eigenvalue weighted by molar-refractivity contribution is 5.71. The van der Waals surface area contributed by atoms with Crippen molar-refractivity contribution in [1.29, 1.82) is 0 Å². The summed E-state index contributed by atoms with van der Waals surface area (Å²) in [7, 11) is 0. The van der Waals surface area contributed by atoms with E-state index in [2.05, 4.69) is 0 Å². The third-order valence-corrected chi connectivity index (χ3v) is 3.79. The summed E-state index contributed by atoms with van der Waals surface area (Å²) in [6.45, 7) is 7.89. The Morgan fingerprint density at radius 3 is 2.61 bits per heavy atom. The number of hydroxylamine groups is 1. The summed E-state index contributed by atoms with van der Waals surface area (Å²) in [5.74, 6) is -0.920. The predicted octanol–water partition coefficient (Wildman–Crippen LogP) is 1.88. The van der Waals surface area contributed by atoms with E-state index in [0.717, 1.165) is 4.74 Å². The second kappa shape index (κ2) is 5.90. The van der Waals surface area contributed by atoms with Crippen molar-refractivity contribution in [3.05, 3.63) is 29.4 Å². The van der Waals surface area contributed by atoms with Gasteiger partial charge in [0.1, 0.15) is 18.3 Å². The van der Waals surface area contributed by atoms with Gasteiger partial charge < -0.3 is 28.6 Å². The van der Waals surface area contributed by atoms with Gasteiger partial charge in [-0.05, 0) is 39.8 Å². The van der Waals surface area contributed by atoms with Gasteiger partial charge in [0.05, 0.1) is 12.9 Å². The SMILES string of the molecule is CC1(C)OC[C@H]([C@H]2OC(C)(C)O[C@@H]2C/[N+]([O-])=C/c2ccco2)O1. The molecular formula is C16H23NO6. The molecule has 1 aromatic heterocycles. The van der Waals surface area contributed by atoms with Crippen LogP contribution in [-0.2, 0) is 18.9 Å². The molecule has 0 unspecified atom stereocenters. The van der Waals surface area contributed by atoms with Crippen LogP contribution < -0.4 is 0 Å². The van der Waals surface area contributed by atoms with E-state index >= 15 is 0 Å². The van der Waals surface area contributed by atoms with Crippen molar-refractivity contribution in [2.75, 3.05) is 13.2 Å². The number of nitrogens with zero attached hydrogens (tertiary/aromatic N) is 1. The van der Waals surface area contributed by atoms with E-state index in [1.54, 1.807) is 12.1 Å². The van der Waals surface area contributed by atoms with Gasteiger partial charge >= 0.3 is 0 Å². The lowest BCUT2D eigenvalue weighted by Crippen LogP contribution is -2.41. The summed E-state index contributed by atoms with van der Waals surface area (Å²) in [5, 5.41) is 12.2. The van der Waals surface area contributed by atoms with Gasteiger partial charge in [0, 0.05) is 0 Å². The lowest BCUT2D eigenvalue weighted by molar-refractivity contribution is -0.466. The number of hydrogen-bond donors (Lipinski definition) is 0.